The van der Waals surface area contributed by atoms with Crippen molar-refractivity contribution < 1.29 is 19.1 Å². The van der Waals surface area contributed by atoms with Crippen molar-refractivity contribution >= 4 is 41.4 Å². The van der Waals surface area contributed by atoms with E-state index < -0.39 is 34.7 Å². The quantitative estimate of drug-likeness (QED) is 0.0320. The number of alkyl carbamates (subject to hydrolysis) is 1. The van der Waals surface area contributed by atoms with E-state index in [9.17, 15) is 14.4 Å². The number of hydrazine groups is 1. The molecule has 0 fully saturated rings. The van der Waals surface area contributed by atoms with Crippen molar-refractivity contribution in [2.24, 2.45) is 5.84 Å². The lowest BCUT2D eigenvalue weighted by Gasteiger charge is -2.36. The molecule has 56 heavy (non-hydrogen) atoms. The number of nitrogens with one attached hydrogen (secondary N) is 3. The van der Waals surface area contributed by atoms with E-state index in [0.717, 1.165) is 33.4 Å². The van der Waals surface area contributed by atoms with Crippen LogP contribution >= 0.6 is 23.5 Å². The smallest absolute Gasteiger partial charge is 0.408 e. The normalized spacial score (nSPS) is 12.2. The summed E-state index contributed by atoms with van der Waals surface area (Å²) in [6.45, 7) is 0.0192. The number of carbonyl (C=O) groups is 3. The highest BCUT2D eigenvalue weighted by molar-refractivity contribution is 8.00. The van der Waals surface area contributed by atoms with Crippen molar-refractivity contribution in [1.82, 2.24) is 16.1 Å². The number of hydrogen-bond acceptors (Lipinski definition) is 7. The summed E-state index contributed by atoms with van der Waals surface area (Å²) in [5, 5.41) is 5.63. The zero-order valence-corrected chi connectivity index (χ0v) is 32.3. The van der Waals surface area contributed by atoms with E-state index in [1.54, 1.807) is 0 Å². The van der Waals surface area contributed by atoms with Gasteiger partial charge in [0.1, 0.15) is 18.7 Å². The number of ether oxygens (including phenoxy) is 1. The largest absolute Gasteiger partial charge is 0.445 e. The van der Waals surface area contributed by atoms with Gasteiger partial charge in [-0.05, 0) is 33.4 Å². The Labute approximate surface area is 336 Å². The van der Waals surface area contributed by atoms with Crippen LogP contribution in [0.25, 0.3) is 0 Å². The molecule has 8 nitrogen and oxygen atoms in total. The highest BCUT2D eigenvalue weighted by Gasteiger charge is 2.39. The van der Waals surface area contributed by atoms with Crippen LogP contribution in [0.3, 0.4) is 0 Å². The van der Waals surface area contributed by atoms with Gasteiger partial charge in [-0.15, -0.1) is 23.5 Å². The first-order chi connectivity index (χ1) is 27.5. The molecule has 0 aliphatic carbocycles. The maximum Gasteiger partial charge on any atom is 0.408 e. The highest BCUT2D eigenvalue weighted by Crippen LogP contribution is 2.48. The number of carbonyl (C=O) groups excluding carboxylic acids is 3. The first-order valence-electron chi connectivity index (χ1n) is 18.3. The summed E-state index contributed by atoms with van der Waals surface area (Å²) in [6.07, 6.45) is -0.762. The molecule has 6 aromatic carbocycles. The van der Waals surface area contributed by atoms with Crippen LogP contribution in [0.15, 0.2) is 182 Å². The summed E-state index contributed by atoms with van der Waals surface area (Å²) < 4.78 is 4.83. The molecule has 5 N–H and O–H groups in total. The lowest BCUT2D eigenvalue weighted by Crippen LogP contribution is -2.56. The number of amides is 3. The van der Waals surface area contributed by atoms with Crippen LogP contribution in [0.4, 0.5) is 4.79 Å². The minimum absolute atomic E-state index is 0.0192. The van der Waals surface area contributed by atoms with Crippen LogP contribution in [0, 0.1) is 0 Å². The van der Waals surface area contributed by atoms with Gasteiger partial charge >= 0.3 is 6.09 Å². The van der Waals surface area contributed by atoms with Gasteiger partial charge in [0.25, 0.3) is 5.91 Å². The minimum atomic E-state index is -1.11. The zero-order valence-electron chi connectivity index (χ0n) is 30.7. The van der Waals surface area contributed by atoms with Gasteiger partial charge in [-0.2, -0.15) is 0 Å². The Hall–Kier alpha value is -5.81. The molecule has 0 aliphatic rings. The summed E-state index contributed by atoms with van der Waals surface area (Å²) in [7, 11) is 0. The fourth-order valence-corrected chi connectivity index (χ4v) is 9.33. The van der Waals surface area contributed by atoms with Crippen molar-refractivity contribution in [3.63, 3.8) is 0 Å². The predicted molar refractivity (Wildman–Crippen MR) is 227 cm³/mol. The van der Waals surface area contributed by atoms with Gasteiger partial charge in [-0.1, -0.05) is 182 Å². The highest BCUT2D eigenvalue weighted by atomic mass is 32.2. The van der Waals surface area contributed by atoms with Crippen molar-refractivity contribution in [3.05, 3.63) is 215 Å². The zero-order chi connectivity index (χ0) is 39.0. The third-order valence-electron chi connectivity index (χ3n) is 9.24. The van der Waals surface area contributed by atoms with Crippen LogP contribution < -0.4 is 21.9 Å². The fourth-order valence-electron chi connectivity index (χ4n) is 6.46. The van der Waals surface area contributed by atoms with Gasteiger partial charge < -0.3 is 15.4 Å². The Morgan fingerprint density at radius 2 is 0.946 bits per heavy atom. The van der Waals surface area contributed by atoms with E-state index in [1.165, 1.54) is 23.5 Å². The summed E-state index contributed by atoms with van der Waals surface area (Å²) in [4.78, 5) is 41.2. The van der Waals surface area contributed by atoms with E-state index in [4.69, 9.17) is 10.6 Å². The van der Waals surface area contributed by atoms with Crippen LogP contribution in [-0.2, 0) is 25.7 Å². The lowest BCUT2D eigenvalue weighted by molar-refractivity contribution is -0.129. The summed E-state index contributed by atoms with van der Waals surface area (Å²) >= 11 is 3.03. The number of rotatable bonds is 17. The second-order valence-corrected chi connectivity index (χ2v) is 15.3. The number of thioether (sulfide) groups is 2. The third kappa shape index (κ3) is 10.3. The van der Waals surface area contributed by atoms with Crippen LogP contribution in [0.5, 0.6) is 0 Å². The molecule has 0 saturated carbocycles. The van der Waals surface area contributed by atoms with Gasteiger partial charge in [0, 0.05) is 11.5 Å². The third-order valence-corrected chi connectivity index (χ3v) is 12.3. The van der Waals surface area contributed by atoms with E-state index >= 15 is 0 Å². The molecule has 0 aliphatic heterocycles. The molecule has 0 spiro atoms. The van der Waals surface area contributed by atoms with Gasteiger partial charge in [0.05, 0.1) is 10.00 Å². The Morgan fingerprint density at radius 3 is 1.39 bits per heavy atom. The molecule has 6 rings (SSSR count). The summed E-state index contributed by atoms with van der Waals surface area (Å²) in [5.41, 5.74) is 8.13. The minimum Gasteiger partial charge on any atom is -0.445 e. The van der Waals surface area contributed by atoms with Gasteiger partial charge in [-0.25, -0.2) is 10.6 Å². The average Bonchev–Trinajstić information content (AvgIpc) is 3.27. The van der Waals surface area contributed by atoms with Crippen molar-refractivity contribution in [1.29, 1.82) is 0 Å². The molecular formula is C46H44N4O4S2. The number of nitrogens with two attached hydrogens (primary N) is 1. The van der Waals surface area contributed by atoms with Crippen molar-refractivity contribution in [2.75, 3.05) is 11.5 Å². The molecule has 6 aromatic rings. The van der Waals surface area contributed by atoms with Crippen LogP contribution in [0.1, 0.15) is 38.6 Å². The Kier molecular flexibility index (Phi) is 14.4. The standard InChI is InChI=1S/C46H44N4O4S2/c47-50-44(52)40(32-55-42(35-21-9-2-10-22-35)36-23-11-3-12-24-36)48-43(51)41(49-45(53)54-31-34-19-7-1-8-20-34)33-56-46(37-25-13-4-14-26-37,38-27-15-5-16-28-38)39-29-17-6-18-30-39/h1-30,40-42H,31-33,47H2,(H,48,51)(H,49,53)(H,50,52)/t40-,41+/m1/s1. The average molecular weight is 781 g/mol. The Bertz CT molecular complexity index is 1980. The molecular weight excluding hydrogens is 737 g/mol. The topological polar surface area (TPSA) is 123 Å². The molecule has 2 atom stereocenters. The SMILES string of the molecule is NNC(=O)[C@@H](CSC(c1ccccc1)c1ccccc1)NC(=O)[C@H](CSC(c1ccccc1)(c1ccccc1)c1ccccc1)NC(=O)OCc1ccccc1. The Morgan fingerprint density at radius 1 is 0.536 bits per heavy atom. The molecule has 0 aromatic heterocycles. The van der Waals surface area contributed by atoms with Gasteiger partial charge in [-0.3, -0.25) is 15.0 Å². The Balaban J connectivity index is 1.30. The maximum atomic E-state index is 14.5. The van der Waals surface area contributed by atoms with E-state index in [0.29, 0.717) is 0 Å². The second kappa shape index (κ2) is 20.2. The number of hydrogen-bond donors (Lipinski definition) is 4. The first kappa shape index (κ1) is 39.9. The van der Waals surface area contributed by atoms with Crippen LogP contribution in [-0.4, -0.2) is 41.5 Å². The molecule has 0 bridgehead atoms. The molecule has 284 valence electrons. The van der Waals surface area contributed by atoms with E-state index in [1.807, 2.05) is 146 Å². The van der Waals surface area contributed by atoms with Gasteiger partial charge in [0.15, 0.2) is 0 Å². The van der Waals surface area contributed by atoms with Crippen molar-refractivity contribution in [2.45, 2.75) is 28.7 Å². The lowest BCUT2D eigenvalue weighted by atomic mass is 9.84. The monoisotopic (exact) mass is 780 g/mol. The maximum absolute atomic E-state index is 14.5. The molecule has 0 unspecified atom stereocenters. The molecule has 0 heterocycles. The van der Waals surface area contributed by atoms with Crippen molar-refractivity contribution in [3.8, 4) is 0 Å². The molecule has 3 amide bonds. The molecule has 0 radical (unpaired) electrons. The first-order valence-corrected chi connectivity index (χ1v) is 20.3. The van der Waals surface area contributed by atoms with E-state index in [2.05, 4.69) is 52.5 Å². The van der Waals surface area contributed by atoms with Gasteiger partial charge in [0.2, 0.25) is 5.91 Å². The predicted octanol–water partition coefficient (Wildman–Crippen LogP) is 8.00. The van der Waals surface area contributed by atoms with E-state index in [-0.39, 0.29) is 23.4 Å². The summed E-state index contributed by atoms with van der Waals surface area (Å²) in [6, 6.07) is 57.4. The molecule has 0 saturated heterocycles. The fraction of sp³-hybridized carbons (Fsp3) is 0.152. The second-order valence-electron chi connectivity index (χ2n) is 13.0. The number of benzene rings is 6. The van der Waals surface area contributed by atoms with Crippen LogP contribution in [0.2, 0.25) is 0 Å². The summed E-state index contributed by atoms with van der Waals surface area (Å²) in [5.74, 6) is 4.89. The molecule has 10 heteroatoms.